The number of rotatable bonds is 19. The van der Waals surface area contributed by atoms with E-state index in [1.54, 1.807) is 5.32 Å². The van der Waals surface area contributed by atoms with Crippen molar-refractivity contribution < 1.29 is 106 Å². The number of ketones is 1. The van der Waals surface area contributed by atoms with Crippen molar-refractivity contribution in [1.82, 2.24) is 25.3 Å². The molecule has 0 saturated carbocycles. The van der Waals surface area contributed by atoms with Crippen LogP contribution in [0.4, 0.5) is 23.3 Å². The van der Waals surface area contributed by atoms with Crippen molar-refractivity contribution in [2.24, 2.45) is 5.73 Å². The molecule has 2 rings (SSSR count). The molecule has 0 saturated heterocycles. The van der Waals surface area contributed by atoms with Crippen molar-refractivity contribution in [1.29, 1.82) is 0 Å². The van der Waals surface area contributed by atoms with Gasteiger partial charge in [-0.2, -0.15) is 0 Å². The summed E-state index contributed by atoms with van der Waals surface area (Å²) < 4.78 is 0. The molecule has 31 nitrogen and oxygen atoms in total. The number of nitrogens with two attached hydrogens (primary N) is 5. The highest BCUT2D eigenvalue weighted by Crippen LogP contribution is 2.18. The zero-order valence-electron chi connectivity index (χ0n) is 30.2. The lowest BCUT2D eigenvalue weighted by Gasteiger charge is -2.26. The lowest BCUT2D eigenvalue weighted by molar-refractivity contribution is -0.119. The fourth-order valence-electron chi connectivity index (χ4n) is 3.93. The molecular formula is C28H48N10O21. The van der Waals surface area contributed by atoms with Crippen molar-refractivity contribution >= 4 is 46.9 Å². The molecule has 336 valence electrons. The van der Waals surface area contributed by atoms with E-state index in [4.69, 9.17) is 74.6 Å². The van der Waals surface area contributed by atoms with Gasteiger partial charge in [-0.25, -0.2) is 29.5 Å². The maximum atomic E-state index is 12.4. The number of nitrogens with zero attached hydrogens (tertiary/aromatic N) is 4. The van der Waals surface area contributed by atoms with Crippen molar-refractivity contribution in [3.05, 3.63) is 22.8 Å². The number of nitrogens with one attached hydrogen (secondary N) is 1. The first-order chi connectivity index (χ1) is 27.2. The van der Waals surface area contributed by atoms with Crippen molar-refractivity contribution in [3.8, 4) is 0 Å². The molecule has 59 heavy (non-hydrogen) atoms. The molecule has 31 heteroatoms. The molecule has 0 aromatic carbocycles. The average molecular weight is 861 g/mol. The summed E-state index contributed by atoms with van der Waals surface area (Å²) in [6, 6.07) is 0. The zero-order chi connectivity index (χ0) is 46.2. The Balaban J connectivity index is 0.00000109. The number of aromatic carboxylic acids is 2. The third-order valence-corrected chi connectivity index (χ3v) is 7.32. The van der Waals surface area contributed by atoms with E-state index < -0.39 is 169 Å². The van der Waals surface area contributed by atoms with Crippen LogP contribution in [0.25, 0.3) is 0 Å². The molecule has 0 spiro atoms. The number of amides is 1. The first kappa shape index (κ1) is 53.8. The quantitative estimate of drug-likeness (QED) is 0.0460. The predicted octanol–water partition coefficient (Wildman–Crippen LogP) is -11.9. The number of carbonyl (C=O) groups excluding carboxylic acids is 2. The highest BCUT2D eigenvalue weighted by atomic mass is 16.4. The van der Waals surface area contributed by atoms with Crippen molar-refractivity contribution in [2.45, 2.75) is 79.9 Å². The number of hydrogen-bond acceptors (Lipinski definition) is 28. The molecule has 0 aliphatic heterocycles. The second-order valence-corrected chi connectivity index (χ2v) is 11.8. The smallest absolute Gasteiger partial charge is 0.358 e. The molecule has 0 bridgehead atoms. The summed E-state index contributed by atoms with van der Waals surface area (Å²) in [5.41, 5.74) is 23.8. The standard InChI is InChI=1S/C17H29N5O12.C6H6N4O4.C5H13NO5/c18-14-8(4(25)1-5(26)10(29)11(30)6(27)2-23)20-15(19)9(21-14)16(33)22-17(34)13(32)12(31)7(28)3-24;7-3-1(5(11)12)9-4(8)2(10-3)6(13)14;6-5(11)4(10)3(9)2(8)1-7/h5-7,10-13,17,23-24,26-32,34H,1-3H2,(H2,18,21)(H2,19,20)(H,22,33);(H2,8,9)(H2,7,10)(H,11,12)(H,13,14);2-5,7-11H,1,6H2/t5-,6+,7+,10+,11+,12+,13-,17+;;2-,3-,4+,5-/m0.1/s1. The van der Waals surface area contributed by atoms with E-state index in [1.807, 2.05) is 0 Å². The van der Waals surface area contributed by atoms with Crippen LogP contribution in [0.5, 0.6) is 0 Å². The Morgan fingerprint density at radius 1 is 0.475 bits per heavy atom. The van der Waals surface area contributed by atoms with Gasteiger partial charge in [0, 0.05) is 6.42 Å². The Kier molecular flexibility index (Phi) is 22.5. The predicted molar refractivity (Wildman–Crippen MR) is 190 cm³/mol. The van der Waals surface area contributed by atoms with Gasteiger partial charge < -0.3 is 121 Å². The van der Waals surface area contributed by atoms with Crippen LogP contribution in [-0.4, -0.2) is 224 Å². The number of carboxylic acid groups (broad SMARTS) is 2. The van der Waals surface area contributed by atoms with Crippen LogP contribution in [0.15, 0.2) is 0 Å². The maximum Gasteiger partial charge on any atom is 0.358 e. The fraction of sp³-hybridized carbons (Fsp3) is 0.571. The molecule has 2 aromatic rings. The summed E-state index contributed by atoms with van der Waals surface area (Å²) in [5, 5.41) is 157. The maximum absolute atomic E-state index is 12.4. The molecule has 0 fully saturated rings. The van der Waals surface area contributed by atoms with Gasteiger partial charge in [0.05, 0.1) is 25.9 Å². The Morgan fingerprint density at radius 3 is 1.15 bits per heavy atom. The Morgan fingerprint density at radius 2 is 0.780 bits per heavy atom. The summed E-state index contributed by atoms with van der Waals surface area (Å²) >= 11 is 0. The van der Waals surface area contributed by atoms with Crippen LogP contribution in [0.3, 0.4) is 0 Å². The Bertz CT molecular complexity index is 1590. The minimum atomic E-state index is -2.16. The number of aliphatic hydroxyl groups excluding tert-OH is 15. The van der Waals surface area contributed by atoms with Crippen molar-refractivity contribution in [2.75, 3.05) is 42.8 Å². The first-order valence-electron chi connectivity index (χ1n) is 16.1. The van der Waals surface area contributed by atoms with Crippen LogP contribution in [0.2, 0.25) is 0 Å². The minimum absolute atomic E-state index is 0.482. The largest absolute Gasteiger partial charge is 0.476 e. The molecule has 12 atom stereocenters. The SMILES string of the molecule is N[C@H](O)[C@@H](O)[C@H](O)[C@H](O)CO.Nc1nc(C(=O)N[C@H](O)[C@@H](O)[C@H](O)[C@H](O)CO)c(N)nc1C(=O)C[C@H](O)[C@@H](O)[C@H](O)[C@H](O)CO.Nc1nc(C(=O)O)c(N)nc1C(=O)O. The summed E-state index contributed by atoms with van der Waals surface area (Å²) in [7, 11) is 0. The minimum Gasteiger partial charge on any atom is -0.476 e. The molecule has 0 aliphatic rings. The second-order valence-electron chi connectivity index (χ2n) is 11.8. The molecule has 2 heterocycles. The lowest BCUT2D eigenvalue weighted by Crippen LogP contribution is -2.52. The van der Waals surface area contributed by atoms with Crippen LogP contribution in [0, 0.1) is 0 Å². The Labute approximate surface area is 329 Å². The van der Waals surface area contributed by atoms with Gasteiger partial charge in [0.2, 0.25) is 0 Å². The normalized spacial score (nSPS) is 17.3. The zero-order valence-corrected chi connectivity index (χ0v) is 30.2. The molecule has 28 N–H and O–H groups in total. The molecule has 0 radical (unpaired) electrons. The number of carbonyl (C=O) groups is 4. The number of aliphatic hydroxyl groups is 15. The topological polar surface area (TPSA) is 606 Å². The van der Waals surface area contributed by atoms with Gasteiger partial charge in [-0.1, -0.05) is 0 Å². The van der Waals surface area contributed by atoms with Gasteiger partial charge >= 0.3 is 11.9 Å². The summed E-state index contributed by atoms with van der Waals surface area (Å²) in [4.78, 5) is 59.4. The highest BCUT2D eigenvalue weighted by Gasteiger charge is 2.34. The third kappa shape index (κ3) is 15.8. The van der Waals surface area contributed by atoms with Crippen molar-refractivity contribution in [3.63, 3.8) is 0 Å². The van der Waals surface area contributed by atoms with E-state index in [9.17, 15) is 60.0 Å². The number of Topliss-reactive ketones (excluding diaryl/α,β-unsaturated/α-hetero) is 1. The van der Waals surface area contributed by atoms with Gasteiger partial charge in [0.15, 0.2) is 58.1 Å². The summed E-state index contributed by atoms with van der Waals surface area (Å²) in [5.74, 6) is -7.43. The van der Waals surface area contributed by atoms with E-state index in [0.29, 0.717) is 0 Å². The number of hydrogen-bond donors (Lipinski definition) is 23. The van der Waals surface area contributed by atoms with Gasteiger partial charge in [0.25, 0.3) is 5.91 Å². The lowest BCUT2D eigenvalue weighted by atomic mass is 9.98. The van der Waals surface area contributed by atoms with Crippen LogP contribution < -0.4 is 34.0 Å². The van der Waals surface area contributed by atoms with E-state index >= 15 is 0 Å². The number of anilines is 4. The molecular weight excluding hydrogens is 812 g/mol. The van der Waals surface area contributed by atoms with E-state index in [1.165, 1.54) is 0 Å². The third-order valence-electron chi connectivity index (χ3n) is 7.32. The molecule has 0 aliphatic carbocycles. The number of carboxylic acids is 2. The first-order valence-corrected chi connectivity index (χ1v) is 16.1. The molecule has 1 amide bonds. The van der Waals surface area contributed by atoms with E-state index in [-0.39, 0.29) is 0 Å². The second kappa shape index (κ2) is 24.7. The van der Waals surface area contributed by atoms with Gasteiger partial charge in [0.1, 0.15) is 61.2 Å². The van der Waals surface area contributed by atoms with E-state index in [2.05, 4.69) is 19.9 Å². The number of nitrogen functional groups attached to an aromatic ring is 4. The molecule has 0 unspecified atom stereocenters. The monoisotopic (exact) mass is 860 g/mol. The van der Waals surface area contributed by atoms with Gasteiger partial charge in [-0.15, -0.1) is 0 Å². The van der Waals surface area contributed by atoms with E-state index in [0.717, 1.165) is 0 Å². The summed E-state index contributed by atoms with van der Waals surface area (Å²) in [6.07, 6.45) is -23.2. The average Bonchev–Trinajstić information content (AvgIpc) is 3.19. The fourth-order valence-corrected chi connectivity index (χ4v) is 3.93. The van der Waals surface area contributed by atoms with Crippen LogP contribution in [-0.2, 0) is 0 Å². The summed E-state index contributed by atoms with van der Waals surface area (Å²) in [6.45, 7) is -2.58. The van der Waals surface area contributed by atoms with Gasteiger partial charge in [-0.05, 0) is 0 Å². The van der Waals surface area contributed by atoms with Gasteiger partial charge in [-0.3, -0.25) is 9.59 Å². The van der Waals surface area contributed by atoms with Crippen LogP contribution >= 0.6 is 0 Å². The Hall–Kier alpha value is -5.20. The highest BCUT2D eigenvalue weighted by molar-refractivity contribution is 6.02. The van der Waals surface area contributed by atoms with Crippen LogP contribution in [0.1, 0.15) is 48.4 Å². The molecule has 2 aromatic heterocycles. The number of aromatic nitrogens is 4.